The van der Waals surface area contributed by atoms with Gasteiger partial charge in [-0.25, -0.2) is 5.90 Å². The molecule has 0 amide bonds. The van der Waals surface area contributed by atoms with Gasteiger partial charge in [-0.1, -0.05) is 19.1 Å². The van der Waals surface area contributed by atoms with Crippen LogP contribution in [0.1, 0.15) is 13.3 Å². The molecule has 1 unspecified atom stereocenters. The second-order valence-corrected chi connectivity index (χ2v) is 2.84. The van der Waals surface area contributed by atoms with Crippen LogP contribution in [0.3, 0.4) is 0 Å². The largest absolute Gasteiger partial charge is 0.299 e. The molecule has 0 aromatic rings. The molecule has 2 N–H and O–H groups in total. The van der Waals surface area contributed by atoms with Gasteiger partial charge in [-0.15, -0.1) is 0 Å². The Hall–Kier alpha value is -0.930. The van der Waals surface area contributed by atoms with Crippen LogP contribution in [0.5, 0.6) is 0 Å². The molecule has 0 aromatic heterocycles. The summed E-state index contributed by atoms with van der Waals surface area (Å²) in [6, 6.07) is 0. The van der Waals surface area contributed by atoms with Gasteiger partial charge in [0.1, 0.15) is 6.61 Å². The molecular formula is C9H14N2O. The second kappa shape index (κ2) is 4.85. The maximum atomic E-state index is 4.99. The van der Waals surface area contributed by atoms with E-state index in [0.29, 0.717) is 12.5 Å². The zero-order valence-corrected chi connectivity index (χ0v) is 7.23. The summed E-state index contributed by atoms with van der Waals surface area (Å²) in [4.78, 5) is 8.79. The summed E-state index contributed by atoms with van der Waals surface area (Å²) in [5, 5.41) is 0. The molecule has 12 heavy (non-hydrogen) atoms. The maximum absolute atomic E-state index is 4.99. The van der Waals surface area contributed by atoms with Crippen molar-refractivity contribution in [3.05, 3.63) is 24.4 Å². The van der Waals surface area contributed by atoms with Crippen LogP contribution in [-0.2, 0) is 4.84 Å². The first-order chi connectivity index (χ1) is 5.84. The van der Waals surface area contributed by atoms with Gasteiger partial charge >= 0.3 is 0 Å². The van der Waals surface area contributed by atoms with Crippen molar-refractivity contribution in [3.8, 4) is 0 Å². The molecule has 0 fully saturated rings. The van der Waals surface area contributed by atoms with Crippen molar-refractivity contribution in [3.63, 3.8) is 0 Å². The highest BCUT2D eigenvalue weighted by atomic mass is 16.6. The zero-order chi connectivity index (χ0) is 8.81. The summed E-state index contributed by atoms with van der Waals surface area (Å²) in [6.07, 6.45) is 8.78. The molecule has 66 valence electrons. The van der Waals surface area contributed by atoms with Crippen LogP contribution < -0.4 is 5.90 Å². The fraction of sp³-hybridized carbons (Fsp3) is 0.444. The molecule has 0 radical (unpaired) electrons. The number of hydrogen-bond donors (Lipinski definition) is 1. The first-order valence-electron chi connectivity index (χ1n) is 4.04. The third-order valence-corrected chi connectivity index (χ3v) is 1.86. The highest BCUT2D eigenvalue weighted by Crippen LogP contribution is 2.08. The molecule has 0 aliphatic carbocycles. The quantitative estimate of drug-likeness (QED) is 0.631. The fourth-order valence-electron chi connectivity index (χ4n) is 1.08. The molecular weight excluding hydrogens is 152 g/mol. The molecule has 1 rings (SSSR count). The van der Waals surface area contributed by atoms with Crippen molar-refractivity contribution >= 4 is 5.71 Å². The van der Waals surface area contributed by atoms with Gasteiger partial charge in [-0.2, -0.15) is 0 Å². The molecule has 0 aromatic carbocycles. The van der Waals surface area contributed by atoms with Crippen molar-refractivity contribution in [2.24, 2.45) is 16.8 Å². The SMILES string of the molecule is CC1C/C=C/C=C\N=C1CON. The minimum atomic E-state index is 0.412. The monoisotopic (exact) mass is 166 g/mol. The topological polar surface area (TPSA) is 47.6 Å². The number of rotatable bonds is 2. The van der Waals surface area contributed by atoms with Crippen LogP contribution in [0, 0.1) is 5.92 Å². The Labute approximate surface area is 72.6 Å². The average Bonchev–Trinajstić information content (AvgIpc) is 2.05. The van der Waals surface area contributed by atoms with E-state index in [9.17, 15) is 0 Å². The summed E-state index contributed by atoms with van der Waals surface area (Å²) in [6.45, 7) is 2.53. The van der Waals surface area contributed by atoms with Crippen LogP contribution in [-0.4, -0.2) is 12.3 Å². The lowest BCUT2D eigenvalue weighted by Gasteiger charge is -2.11. The standard InChI is InChI=1S/C9H14N2O/c1-8-5-3-2-4-6-11-9(8)7-12-10/h2-4,6,8H,5,7,10H2,1H3/b3-2+,6-4-,11-9?. The zero-order valence-electron chi connectivity index (χ0n) is 7.23. The molecule has 3 heteroatoms. The van der Waals surface area contributed by atoms with E-state index in [1.807, 2.05) is 12.2 Å². The predicted molar refractivity (Wildman–Crippen MR) is 49.6 cm³/mol. The van der Waals surface area contributed by atoms with Crippen molar-refractivity contribution in [2.45, 2.75) is 13.3 Å². The number of aliphatic imine (C=N–C) groups is 1. The van der Waals surface area contributed by atoms with E-state index >= 15 is 0 Å². The third-order valence-electron chi connectivity index (χ3n) is 1.86. The molecule has 1 atom stereocenters. The maximum Gasteiger partial charge on any atom is 0.106 e. The Morgan fingerprint density at radius 1 is 1.67 bits per heavy atom. The number of hydrogen-bond acceptors (Lipinski definition) is 3. The van der Waals surface area contributed by atoms with Crippen LogP contribution in [0.2, 0.25) is 0 Å². The van der Waals surface area contributed by atoms with Crippen molar-refractivity contribution in [1.29, 1.82) is 0 Å². The lowest BCUT2D eigenvalue weighted by Crippen LogP contribution is -2.19. The lowest BCUT2D eigenvalue weighted by atomic mass is 10.0. The average molecular weight is 166 g/mol. The van der Waals surface area contributed by atoms with Gasteiger partial charge in [0.15, 0.2) is 0 Å². The molecule has 0 saturated carbocycles. The van der Waals surface area contributed by atoms with E-state index in [2.05, 4.69) is 22.8 Å². The smallest absolute Gasteiger partial charge is 0.106 e. The van der Waals surface area contributed by atoms with Crippen molar-refractivity contribution in [2.75, 3.05) is 6.61 Å². The van der Waals surface area contributed by atoms with Crippen LogP contribution >= 0.6 is 0 Å². The molecule has 1 heterocycles. The summed E-state index contributed by atoms with van der Waals surface area (Å²) >= 11 is 0. The van der Waals surface area contributed by atoms with E-state index in [-0.39, 0.29) is 0 Å². The molecule has 1 aliphatic rings. The van der Waals surface area contributed by atoms with Gasteiger partial charge in [0, 0.05) is 17.8 Å². The van der Waals surface area contributed by atoms with Gasteiger partial charge in [0.05, 0.1) is 0 Å². The first kappa shape index (κ1) is 9.16. The summed E-state index contributed by atoms with van der Waals surface area (Å²) in [5.74, 6) is 5.40. The number of nitrogens with two attached hydrogens (primary N) is 1. The van der Waals surface area contributed by atoms with Gasteiger partial charge in [-0.3, -0.25) is 9.83 Å². The van der Waals surface area contributed by atoms with Gasteiger partial charge in [0.2, 0.25) is 0 Å². The van der Waals surface area contributed by atoms with Crippen molar-refractivity contribution < 1.29 is 4.84 Å². The molecule has 0 saturated heterocycles. The fourth-order valence-corrected chi connectivity index (χ4v) is 1.08. The Morgan fingerprint density at radius 3 is 3.25 bits per heavy atom. The minimum absolute atomic E-state index is 0.412. The van der Waals surface area contributed by atoms with E-state index in [0.717, 1.165) is 12.1 Å². The Balaban J connectivity index is 2.67. The Kier molecular flexibility index (Phi) is 3.70. The van der Waals surface area contributed by atoms with Crippen LogP contribution in [0.4, 0.5) is 0 Å². The van der Waals surface area contributed by atoms with E-state index in [1.54, 1.807) is 6.20 Å². The van der Waals surface area contributed by atoms with Crippen molar-refractivity contribution in [1.82, 2.24) is 0 Å². The summed E-state index contributed by atoms with van der Waals surface area (Å²) in [7, 11) is 0. The highest BCUT2D eigenvalue weighted by molar-refractivity contribution is 5.88. The highest BCUT2D eigenvalue weighted by Gasteiger charge is 2.08. The minimum Gasteiger partial charge on any atom is -0.299 e. The first-order valence-corrected chi connectivity index (χ1v) is 4.04. The molecule has 1 aliphatic heterocycles. The summed E-state index contributed by atoms with van der Waals surface area (Å²) in [5.41, 5.74) is 0.998. The van der Waals surface area contributed by atoms with E-state index in [1.165, 1.54) is 0 Å². The number of allylic oxidation sites excluding steroid dienone is 3. The molecule has 0 bridgehead atoms. The van der Waals surface area contributed by atoms with Gasteiger partial charge in [0.25, 0.3) is 0 Å². The molecule has 0 spiro atoms. The van der Waals surface area contributed by atoms with Gasteiger partial charge < -0.3 is 0 Å². The Morgan fingerprint density at radius 2 is 2.50 bits per heavy atom. The van der Waals surface area contributed by atoms with Gasteiger partial charge in [-0.05, 0) is 12.5 Å². The normalized spacial score (nSPS) is 28.5. The molecule has 3 nitrogen and oxygen atoms in total. The van der Waals surface area contributed by atoms with Crippen LogP contribution in [0.25, 0.3) is 0 Å². The Bertz CT molecular complexity index is 219. The lowest BCUT2D eigenvalue weighted by molar-refractivity contribution is 0.175. The van der Waals surface area contributed by atoms with E-state index in [4.69, 9.17) is 5.90 Å². The van der Waals surface area contributed by atoms with E-state index < -0.39 is 0 Å². The second-order valence-electron chi connectivity index (χ2n) is 2.84. The van der Waals surface area contributed by atoms with Crippen LogP contribution in [0.15, 0.2) is 29.4 Å². The summed E-state index contributed by atoms with van der Waals surface area (Å²) < 4.78 is 0. The number of nitrogens with zero attached hydrogens (tertiary/aromatic N) is 1. The predicted octanol–water partition coefficient (Wildman–Crippen LogP) is 1.43. The third kappa shape index (κ3) is 2.60.